The van der Waals surface area contributed by atoms with Gasteiger partial charge in [0, 0.05) is 18.2 Å². The number of rotatable bonds is 4. The lowest BCUT2D eigenvalue weighted by molar-refractivity contribution is -0.115. The summed E-state index contributed by atoms with van der Waals surface area (Å²) >= 11 is 0. The highest BCUT2D eigenvalue weighted by atomic mass is 32.2. The number of para-hydroxylation sites is 1. The minimum absolute atomic E-state index is 0.104. The molecule has 3 rings (SSSR count). The molecule has 1 unspecified atom stereocenters. The van der Waals surface area contributed by atoms with Crippen molar-refractivity contribution in [3.8, 4) is 0 Å². The molecule has 1 amide bonds. The fourth-order valence-corrected chi connectivity index (χ4v) is 4.67. The molecule has 1 heterocycles. The normalized spacial score (nSPS) is 16.8. The maximum Gasteiger partial charge on any atom is 0.264 e. The van der Waals surface area contributed by atoms with Gasteiger partial charge in [-0.25, -0.2) is 8.42 Å². The number of carbonyl (C=O) groups is 1. The number of carbonyl (C=O) groups excluding carboxylic acids is 1. The summed E-state index contributed by atoms with van der Waals surface area (Å²) in [5, 5.41) is 2.72. The van der Waals surface area contributed by atoms with Crippen LogP contribution in [0.15, 0.2) is 53.4 Å². The van der Waals surface area contributed by atoms with Crippen LogP contribution in [0.3, 0.4) is 0 Å². The van der Waals surface area contributed by atoms with Crippen molar-refractivity contribution in [3.05, 3.63) is 54.1 Å². The lowest BCUT2D eigenvalue weighted by Crippen LogP contribution is -2.35. The first-order chi connectivity index (χ1) is 11.4. The number of nitrogens with zero attached hydrogens (tertiary/aromatic N) is 1. The Bertz CT molecular complexity index is 860. The molecule has 126 valence electrons. The molecule has 0 radical (unpaired) electrons. The molecule has 5 nitrogen and oxygen atoms in total. The first kappa shape index (κ1) is 16.5. The summed E-state index contributed by atoms with van der Waals surface area (Å²) in [6, 6.07) is 13.8. The third-order valence-corrected chi connectivity index (χ3v) is 6.10. The molecule has 1 atom stereocenters. The van der Waals surface area contributed by atoms with Crippen LogP contribution in [0.5, 0.6) is 0 Å². The SMILES string of the molecule is CCC(=O)Nc1ccc(S(=O)(=O)N2c3ccccc3CC2C)cc1. The van der Waals surface area contributed by atoms with Gasteiger partial charge in [0.05, 0.1) is 10.6 Å². The van der Waals surface area contributed by atoms with E-state index in [1.165, 1.54) is 16.4 Å². The summed E-state index contributed by atoms with van der Waals surface area (Å²) in [7, 11) is -3.63. The van der Waals surface area contributed by atoms with Crippen molar-refractivity contribution in [1.29, 1.82) is 0 Å². The molecule has 0 fully saturated rings. The van der Waals surface area contributed by atoms with Crippen LogP contribution in [0, 0.1) is 0 Å². The van der Waals surface area contributed by atoms with Crippen LogP contribution in [-0.2, 0) is 21.2 Å². The second-order valence-electron chi connectivity index (χ2n) is 5.91. The molecule has 0 bridgehead atoms. The highest BCUT2D eigenvalue weighted by Gasteiger charge is 2.35. The van der Waals surface area contributed by atoms with Crippen molar-refractivity contribution in [2.75, 3.05) is 9.62 Å². The molecule has 1 aliphatic rings. The number of hydrogen-bond donors (Lipinski definition) is 1. The highest BCUT2D eigenvalue weighted by molar-refractivity contribution is 7.92. The Morgan fingerprint density at radius 3 is 2.50 bits per heavy atom. The first-order valence-electron chi connectivity index (χ1n) is 7.95. The van der Waals surface area contributed by atoms with Crippen molar-refractivity contribution < 1.29 is 13.2 Å². The smallest absolute Gasteiger partial charge is 0.264 e. The molecular weight excluding hydrogens is 324 g/mol. The van der Waals surface area contributed by atoms with Crippen LogP contribution in [0.1, 0.15) is 25.8 Å². The molecule has 24 heavy (non-hydrogen) atoms. The van der Waals surface area contributed by atoms with Gasteiger partial charge >= 0.3 is 0 Å². The maximum atomic E-state index is 13.0. The van der Waals surface area contributed by atoms with Crippen molar-refractivity contribution >= 4 is 27.3 Å². The Morgan fingerprint density at radius 2 is 1.83 bits per heavy atom. The first-order valence-corrected chi connectivity index (χ1v) is 9.39. The van der Waals surface area contributed by atoms with Gasteiger partial charge < -0.3 is 5.32 Å². The van der Waals surface area contributed by atoms with E-state index in [0.29, 0.717) is 18.5 Å². The molecule has 0 saturated heterocycles. The number of amides is 1. The Morgan fingerprint density at radius 1 is 1.17 bits per heavy atom. The molecule has 0 aromatic heterocycles. The molecule has 1 aliphatic heterocycles. The van der Waals surface area contributed by atoms with E-state index in [1.807, 2.05) is 31.2 Å². The molecule has 0 saturated carbocycles. The van der Waals surface area contributed by atoms with Crippen LogP contribution in [-0.4, -0.2) is 20.4 Å². The summed E-state index contributed by atoms with van der Waals surface area (Å²) in [4.78, 5) is 11.6. The van der Waals surface area contributed by atoms with Crippen molar-refractivity contribution in [2.45, 2.75) is 37.6 Å². The summed E-state index contributed by atoms with van der Waals surface area (Å²) in [5.41, 5.74) is 2.38. The van der Waals surface area contributed by atoms with Gasteiger partial charge in [-0.3, -0.25) is 9.10 Å². The quantitative estimate of drug-likeness (QED) is 0.926. The third kappa shape index (κ3) is 2.89. The van der Waals surface area contributed by atoms with Crippen molar-refractivity contribution in [2.24, 2.45) is 0 Å². The van der Waals surface area contributed by atoms with Gasteiger partial charge in [-0.2, -0.15) is 0 Å². The fourth-order valence-electron chi connectivity index (χ4n) is 2.98. The third-order valence-electron chi connectivity index (χ3n) is 4.16. The molecule has 6 heteroatoms. The van der Waals surface area contributed by atoms with E-state index >= 15 is 0 Å². The second-order valence-corrected chi connectivity index (χ2v) is 7.72. The van der Waals surface area contributed by atoms with Crippen LogP contribution in [0.2, 0.25) is 0 Å². The van der Waals surface area contributed by atoms with Gasteiger partial charge in [0.2, 0.25) is 5.91 Å². The Kier molecular flexibility index (Phi) is 4.32. The Hall–Kier alpha value is -2.34. The zero-order chi connectivity index (χ0) is 17.3. The predicted molar refractivity (Wildman–Crippen MR) is 94.6 cm³/mol. The topological polar surface area (TPSA) is 66.5 Å². The molecule has 2 aromatic carbocycles. The average molecular weight is 344 g/mol. The van der Waals surface area contributed by atoms with E-state index in [4.69, 9.17) is 0 Å². The maximum absolute atomic E-state index is 13.0. The minimum atomic E-state index is -3.63. The molecule has 2 aromatic rings. The average Bonchev–Trinajstić information content (AvgIpc) is 2.91. The van der Waals surface area contributed by atoms with Crippen molar-refractivity contribution in [3.63, 3.8) is 0 Å². The van der Waals surface area contributed by atoms with E-state index in [-0.39, 0.29) is 16.8 Å². The molecule has 0 aliphatic carbocycles. The van der Waals surface area contributed by atoms with Gasteiger partial charge in [0.25, 0.3) is 10.0 Å². The van der Waals surface area contributed by atoms with E-state index < -0.39 is 10.0 Å². The molecular formula is C18H20N2O3S. The largest absolute Gasteiger partial charge is 0.326 e. The van der Waals surface area contributed by atoms with Gasteiger partial charge in [-0.05, 0) is 49.2 Å². The standard InChI is InChI=1S/C18H20N2O3S/c1-3-18(21)19-15-8-10-16(11-9-15)24(22,23)20-13(2)12-14-6-4-5-7-17(14)20/h4-11,13H,3,12H2,1-2H3,(H,19,21). The number of nitrogens with one attached hydrogen (secondary N) is 1. The number of sulfonamides is 1. The van der Waals surface area contributed by atoms with Crippen LogP contribution < -0.4 is 9.62 Å². The van der Waals surface area contributed by atoms with Crippen LogP contribution in [0.4, 0.5) is 11.4 Å². The molecule has 0 spiro atoms. The minimum Gasteiger partial charge on any atom is -0.326 e. The van der Waals surface area contributed by atoms with Gasteiger partial charge in [0.1, 0.15) is 0 Å². The van der Waals surface area contributed by atoms with Gasteiger partial charge in [-0.1, -0.05) is 25.1 Å². The van der Waals surface area contributed by atoms with E-state index in [1.54, 1.807) is 19.1 Å². The molecule has 1 N–H and O–H groups in total. The lowest BCUT2D eigenvalue weighted by Gasteiger charge is -2.24. The number of fused-ring (bicyclic) bond motifs is 1. The second kappa shape index (κ2) is 6.28. The zero-order valence-corrected chi connectivity index (χ0v) is 14.5. The summed E-state index contributed by atoms with van der Waals surface area (Å²) in [6.45, 7) is 3.67. The summed E-state index contributed by atoms with van der Waals surface area (Å²) in [6.07, 6.45) is 1.09. The Balaban J connectivity index is 1.92. The van der Waals surface area contributed by atoms with E-state index in [9.17, 15) is 13.2 Å². The summed E-state index contributed by atoms with van der Waals surface area (Å²) < 4.78 is 27.6. The van der Waals surface area contributed by atoms with Gasteiger partial charge in [0.15, 0.2) is 0 Å². The zero-order valence-electron chi connectivity index (χ0n) is 13.7. The number of hydrogen-bond acceptors (Lipinski definition) is 3. The van der Waals surface area contributed by atoms with E-state index in [2.05, 4.69) is 5.32 Å². The predicted octanol–water partition coefficient (Wildman–Crippen LogP) is 3.18. The number of anilines is 2. The monoisotopic (exact) mass is 344 g/mol. The van der Waals surface area contributed by atoms with Crippen molar-refractivity contribution in [1.82, 2.24) is 0 Å². The Labute approximate surface area is 142 Å². The summed E-state index contributed by atoms with van der Waals surface area (Å²) in [5.74, 6) is -0.104. The fraction of sp³-hybridized carbons (Fsp3) is 0.278. The number of benzene rings is 2. The highest BCUT2D eigenvalue weighted by Crippen LogP contribution is 2.36. The lowest BCUT2D eigenvalue weighted by atomic mass is 10.1. The van der Waals surface area contributed by atoms with Crippen LogP contribution in [0.25, 0.3) is 0 Å². The van der Waals surface area contributed by atoms with Crippen LogP contribution >= 0.6 is 0 Å². The van der Waals surface area contributed by atoms with E-state index in [0.717, 1.165) is 11.3 Å². The van der Waals surface area contributed by atoms with Gasteiger partial charge in [-0.15, -0.1) is 0 Å².